The molecule has 0 aliphatic rings. The predicted octanol–water partition coefficient (Wildman–Crippen LogP) is 2.45. The topological polar surface area (TPSA) is 29.3 Å². The number of hydrogen-bond acceptors (Lipinski definition) is 2. The van der Waals surface area contributed by atoms with Crippen molar-refractivity contribution >= 4 is 0 Å². The van der Waals surface area contributed by atoms with Gasteiger partial charge in [-0.3, -0.25) is 0 Å². The number of hydrogen-bond donors (Lipinski definition) is 1. The zero-order chi connectivity index (χ0) is 12.7. The minimum atomic E-state index is 0.566. The van der Waals surface area contributed by atoms with Crippen molar-refractivity contribution in [2.75, 3.05) is 26.2 Å². The highest BCUT2D eigenvalue weighted by molar-refractivity contribution is 5.22. The molecule has 2 N–H and O–H groups in total. The van der Waals surface area contributed by atoms with Gasteiger partial charge in [-0.15, -0.1) is 0 Å². The molecule has 96 valence electrons. The van der Waals surface area contributed by atoms with Crippen molar-refractivity contribution in [2.24, 2.45) is 11.7 Å². The molecule has 1 rings (SSSR count). The summed E-state index contributed by atoms with van der Waals surface area (Å²) in [6, 6.07) is 8.75. The Balaban J connectivity index is 2.57. The Labute approximate surface area is 106 Å². The highest BCUT2D eigenvalue weighted by Crippen LogP contribution is 2.11. The third-order valence-corrected chi connectivity index (χ3v) is 3.35. The van der Waals surface area contributed by atoms with Gasteiger partial charge in [0.05, 0.1) is 0 Å². The van der Waals surface area contributed by atoms with Crippen LogP contribution in [0.1, 0.15) is 25.0 Å². The van der Waals surface area contributed by atoms with Crippen molar-refractivity contribution in [1.29, 1.82) is 0 Å². The molecule has 0 fully saturated rings. The van der Waals surface area contributed by atoms with Crippen LogP contribution < -0.4 is 5.73 Å². The van der Waals surface area contributed by atoms with Crippen LogP contribution >= 0.6 is 0 Å². The smallest absolute Gasteiger partial charge is 0.00247 e. The minimum Gasteiger partial charge on any atom is -0.330 e. The first-order valence-corrected chi connectivity index (χ1v) is 6.67. The van der Waals surface area contributed by atoms with E-state index in [2.05, 4.69) is 49.9 Å². The van der Waals surface area contributed by atoms with Crippen molar-refractivity contribution in [3.8, 4) is 0 Å². The van der Waals surface area contributed by atoms with Crippen molar-refractivity contribution in [3.05, 3.63) is 35.4 Å². The van der Waals surface area contributed by atoms with E-state index in [0.29, 0.717) is 5.92 Å². The second kappa shape index (κ2) is 7.46. The molecule has 0 heterocycles. The molecule has 0 radical (unpaired) electrons. The predicted molar refractivity (Wildman–Crippen MR) is 75.2 cm³/mol. The van der Waals surface area contributed by atoms with Crippen molar-refractivity contribution in [1.82, 2.24) is 4.90 Å². The number of nitrogens with zero attached hydrogens (tertiary/aromatic N) is 1. The summed E-state index contributed by atoms with van der Waals surface area (Å²) in [7, 11) is 0. The summed E-state index contributed by atoms with van der Waals surface area (Å²) in [4.78, 5) is 2.45. The quantitative estimate of drug-likeness (QED) is 0.785. The summed E-state index contributed by atoms with van der Waals surface area (Å²) < 4.78 is 0. The molecule has 2 heteroatoms. The molecule has 0 aliphatic heterocycles. The lowest BCUT2D eigenvalue weighted by Gasteiger charge is -2.24. The van der Waals surface area contributed by atoms with Gasteiger partial charge in [-0.05, 0) is 44.5 Å². The summed E-state index contributed by atoms with van der Waals surface area (Å²) in [5, 5.41) is 0. The monoisotopic (exact) mass is 234 g/mol. The molecule has 1 aromatic rings. The molecule has 17 heavy (non-hydrogen) atoms. The van der Waals surface area contributed by atoms with Gasteiger partial charge in [-0.1, -0.05) is 43.7 Å². The number of nitrogens with two attached hydrogens (primary N) is 1. The van der Waals surface area contributed by atoms with Crippen LogP contribution in [0, 0.1) is 12.8 Å². The van der Waals surface area contributed by atoms with E-state index in [-0.39, 0.29) is 0 Å². The fraction of sp³-hybridized carbons (Fsp3) is 0.600. The van der Waals surface area contributed by atoms with Crippen LogP contribution in [-0.2, 0) is 6.42 Å². The Morgan fingerprint density at radius 3 is 2.47 bits per heavy atom. The van der Waals surface area contributed by atoms with Gasteiger partial charge < -0.3 is 10.6 Å². The van der Waals surface area contributed by atoms with Gasteiger partial charge in [-0.25, -0.2) is 0 Å². The lowest BCUT2D eigenvalue weighted by atomic mass is 9.97. The number of rotatable bonds is 7. The Morgan fingerprint density at radius 1 is 1.24 bits per heavy atom. The first-order chi connectivity index (χ1) is 8.19. The highest BCUT2D eigenvalue weighted by Gasteiger charge is 2.11. The summed E-state index contributed by atoms with van der Waals surface area (Å²) in [5.74, 6) is 0.566. The van der Waals surface area contributed by atoms with Crippen molar-refractivity contribution < 1.29 is 0 Å². The zero-order valence-corrected chi connectivity index (χ0v) is 11.4. The van der Waals surface area contributed by atoms with E-state index in [1.54, 1.807) is 0 Å². The van der Waals surface area contributed by atoms with Gasteiger partial charge in [-0.2, -0.15) is 0 Å². The molecule has 0 amide bonds. The molecular weight excluding hydrogens is 208 g/mol. The average molecular weight is 234 g/mol. The Morgan fingerprint density at radius 2 is 1.94 bits per heavy atom. The number of benzene rings is 1. The zero-order valence-electron chi connectivity index (χ0n) is 11.4. The molecule has 0 saturated heterocycles. The molecule has 0 aliphatic carbocycles. The molecule has 1 atom stereocenters. The van der Waals surface area contributed by atoms with E-state index in [9.17, 15) is 0 Å². The van der Waals surface area contributed by atoms with Crippen LogP contribution in [0.3, 0.4) is 0 Å². The van der Waals surface area contributed by atoms with E-state index < -0.39 is 0 Å². The molecule has 0 spiro atoms. The third kappa shape index (κ3) is 4.88. The SMILES string of the molecule is CCN(CC)CC(CN)Cc1cccc(C)c1. The molecule has 0 aromatic heterocycles. The summed E-state index contributed by atoms with van der Waals surface area (Å²) in [6.07, 6.45) is 1.09. The lowest BCUT2D eigenvalue weighted by molar-refractivity contribution is 0.254. The van der Waals surface area contributed by atoms with Crippen LogP contribution in [0.4, 0.5) is 0 Å². The van der Waals surface area contributed by atoms with Crippen LogP contribution in [0.15, 0.2) is 24.3 Å². The third-order valence-electron chi connectivity index (χ3n) is 3.35. The van der Waals surface area contributed by atoms with Gasteiger partial charge >= 0.3 is 0 Å². The molecule has 0 bridgehead atoms. The second-order valence-corrected chi connectivity index (χ2v) is 4.78. The van der Waals surface area contributed by atoms with E-state index in [1.165, 1.54) is 11.1 Å². The molecule has 1 unspecified atom stereocenters. The fourth-order valence-corrected chi connectivity index (χ4v) is 2.24. The summed E-state index contributed by atoms with van der Waals surface area (Å²) in [6.45, 7) is 10.7. The lowest BCUT2D eigenvalue weighted by Crippen LogP contribution is -2.33. The Bertz CT molecular complexity index is 318. The normalized spacial score (nSPS) is 13.0. The van der Waals surface area contributed by atoms with Gasteiger partial charge in [0.1, 0.15) is 0 Å². The first-order valence-electron chi connectivity index (χ1n) is 6.67. The number of aryl methyl sites for hydroxylation is 1. The van der Waals surface area contributed by atoms with Gasteiger partial charge in [0.2, 0.25) is 0 Å². The van der Waals surface area contributed by atoms with Crippen LogP contribution in [0.2, 0.25) is 0 Å². The maximum absolute atomic E-state index is 5.89. The van der Waals surface area contributed by atoms with Gasteiger partial charge in [0, 0.05) is 6.54 Å². The summed E-state index contributed by atoms with van der Waals surface area (Å²) in [5.41, 5.74) is 8.63. The van der Waals surface area contributed by atoms with Crippen molar-refractivity contribution in [3.63, 3.8) is 0 Å². The largest absolute Gasteiger partial charge is 0.330 e. The first kappa shape index (κ1) is 14.2. The van der Waals surface area contributed by atoms with Crippen LogP contribution in [-0.4, -0.2) is 31.1 Å². The maximum atomic E-state index is 5.89. The standard InChI is InChI=1S/C15H26N2/c1-4-17(5-2)12-15(11-16)10-14-8-6-7-13(3)9-14/h6-9,15H,4-5,10-12,16H2,1-3H3. The van der Waals surface area contributed by atoms with E-state index in [0.717, 1.165) is 32.6 Å². The summed E-state index contributed by atoms with van der Waals surface area (Å²) >= 11 is 0. The molecular formula is C15H26N2. The molecule has 2 nitrogen and oxygen atoms in total. The van der Waals surface area contributed by atoms with Gasteiger partial charge in [0.25, 0.3) is 0 Å². The highest BCUT2D eigenvalue weighted by atomic mass is 15.1. The van der Waals surface area contributed by atoms with E-state index >= 15 is 0 Å². The Hall–Kier alpha value is -0.860. The molecule has 0 saturated carbocycles. The van der Waals surface area contributed by atoms with Crippen LogP contribution in [0.5, 0.6) is 0 Å². The molecule has 1 aromatic carbocycles. The van der Waals surface area contributed by atoms with Crippen molar-refractivity contribution in [2.45, 2.75) is 27.2 Å². The fourth-order valence-electron chi connectivity index (χ4n) is 2.24. The van der Waals surface area contributed by atoms with E-state index in [1.807, 2.05) is 0 Å². The minimum absolute atomic E-state index is 0.566. The second-order valence-electron chi connectivity index (χ2n) is 4.78. The van der Waals surface area contributed by atoms with Gasteiger partial charge in [0.15, 0.2) is 0 Å². The maximum Gasteiger partial charge on any atom is 0.00247 e. The Kier molecular flexibility index (Phi) is 6.23. The van der Waals surface area contributed by atoms with Crippen LogP contribution in [0.25, 0.3) is 0 Å². The average Bonchev–Trinajstić information content (AvgIpc) is 2.34. The van der Waals surface area contributed by atoms with E-state index in [4.69, 9.17) is 5.73 Å².